The number of H-pyrrole nitrogens is 1. The summed E-state index contributed by atoms with van der Waals surface area (Å²) in [4.78, 5) is 51.4. The number of rotatable bonds is 8. The van der Waals surface area contributed by atoms with E-state index in [-0.39, 0.29) is 28.3 Å². The van der Waals surface area contributed by atoms with Gasteiger partial charge in [-0.25, -0.2) is 24.4 Å². The molecule has 0 bridgehead atoms. The van der Waals surface area contributed by atoms with Crippen molar-refractivity contribution in [1.29, 1.82) is 0 Å². The molecule has 240 valence electrons. The number of imidazole rings is 1. The second-order valence-electron chi connectivity index (χ2n) is 11.3. The molecule has 3 heterocycles. The molecule has 3 aromatic carbocycles. The zero-order valence-electron chi connectivity index (χ0n) is 25.7. The average Bonchev–Trinajstić information content (AvgIpc) is 3.61. The lowest BCUT2D eigenvalue weighted by atomic mass is 10.1. The maximum Gasteiger partial charge on any atom is 0.338 e. The molecular weight excluding hydrogens is 622 g/mol. The first kappa shape index (κ1) is 31.6. The predicted molar refractivity (Wildman–Crippen MR) is 173 cm³/mol. The van der Waals surface area contributed by atoms with Crippen molar-refractivity contribution in [1.82, 2.24) is 19.5 Å². The molecular formula is C34H31N5O7S. The third kappa shape index (κ3) is 6.76. The van der Waals surface area contributed by atoms with Crippen LogP contribution in [0.5, 0.6) is 0 Å². The number of nitrogens with one attached hydrogen (secondary N) is 1. The molecule has 47 heavy (non-hydrogen) atoms. The third-order valence-electron chi connectivity index (χ3n) is 7.75. The fraction of sp³-hybridized carbons (Fsp3) is 0.235. The maximum atomic E-state index is 13.5. The van der Waals surface area contributed by atoms with Gasteiger partial charge in [0.25, 0.3) is 0 Å². The number of benzene rings is 3. The van der Waals surface area contributed by atoms with E-state index in [1.807, 2.05) is 20.8 Å². The Balaban J connectivity index is 1.39. The summed E-state index contributed by atoms with van der Waals surface area (Å²) in [6.07, 6.45) is -3.24. The number of hydrogen-bond acceptors (Lipinski definition) is 11. The highest BCUT2D eigenvalue weighted by atomic mass is 32.1. The summed E-state index contributed by atoms with van der Waals surface area (Å²) in [5.41, 5.74) is 10.4. The van der Waals surface area contributed by atoms with Crippen molar-refractivity contribution in [3.05, 3.63) is 117 Å². The quantitative estimate of drug-likeness (QED) is 0.129. The number of ether oxygens (including phenoxy) is 4. The molecule has 12 nitrogen and oxygen atoms in total. The second kappa shape index (κ2) is 13.1. The molecule has 3 N–H and O–H groups in total. The highest BCUT2D eigenvalue weighted by Gasteiger charge is 2.51. The van der Waals surface area contributed by atoms with Crippen molar-refractivity contribution in [2.75, 3.05) is 12.3 Å². The second-order valence-corrected chi connectivity index (χ2v) is 11.7. The van der Waals surface area contributed by atoms with Crippen LogP contribution in [0, 0.1) is 25.4 Å². The summed E-state index contributed by atoms with van der Waals surface area (Å²) < 4.78 is 25.8. The summed E-state index contributed by atoms with van der Waals surface area (Å²) in [5.74, 6) is -1.95. The first-order chi connectivity index (χ1) is 22.6. The van der Waals surface area contributed by atoms with E-state index >= 15 is 0 Å². The van der Waals surface area contributed by atoms with Crippen LogP contribution in [0.25, 0.3) is 11.2 Å². The van der Waals surface area contributed by atoms with Gasteiger partial charge >= 0.3 is 17.9 Å². The normalized spacial score (nSPS) is 19.0. The molecule has 1 aliphatic rings. The van der Waals surface area contributed by atoms with Crippen LogP contribution in [-0.4, -0.2) is 62.3 Å². The van der Waals surface area contributed by atoms with Crippen LogP contribution in [0.15, 0.2) is 79.1 Å². The van der Waals surface area contributed by atoms with Crippen molar-refractivity contribution < 1.29 is 33.3 Å². The number of aromatic amines is 1. The predicted octanol–water partition coefficient (Wildman–Crippen LogP) is 5.20. The van der Waals surface area contributed by atoms with Gasteiger partial charge in [0.2, 0.25) is 0 Å². The molecule has 4 atom stereocenters. The number of nitrogens with two attached hydrogens (primary N) is 1. The lowest BCUT2D eigenvalue weighted by Crippen LogP contribution is -2.41. The first-order valence-corrected chi connectivity index (χ1v) is 15.1. The van der Waals surface area contributed by atoms with Gasteiger partial charge in [0.1, 0.15) is 23.9 Å². The Morgan fingerprint density at radius 1 is 0.809 bits per heavy atom. The number of hydrogen-bond donors (Lipinski definition) is 2. The molecule has 0 spiro atoms. The molecule has 0 unspecified atom stereocenters. The monoisotopic (exact) mass is 653 g/mol. The first-order valence-electron chi connectivity index (χ1n) is 14.7. The van der Waals surface area contributed by atoms with E-state index in [9.17, 15) is 14.4 Å². The Bertz CT molecular complexity index is 2010. The Morgan fingerprint density at radius 2 is 1.30 bits per heavy atom. The Morgan fingerprint density at radius 3 is 1.83 bits per heavy atom. The minimum Gasteiger partial charge on any atom is -0.459 e. The van der Waals surface area contributed by atoms with Gasteiger partial charge in [-0.3, -0.25) is 4.57 Å². The van der Waals surface area contributed by atoms with Gasteiger partial charge in [-0.2, -0.15) is 0 Å². The SMILES string of the molecule is Cc1ccc(C(=O)OC[C@H]2O[C@@H](n3cnc4c(=S)nc(N)[nH]c43)[C@@H](OC(=O)c3ccc(C)cc3)[C@H]2OC(=O)c2ccc(C)cc2)cc1. The fourth-order valence-corrected chi connectivity index (χ4v) is 5.42. The number of fused-ring (bicyclic) bond motifs is 1. The molecule has 0 amide bonds. The summed E-state index contributed by atoms with van der Waals surface area (Å²) in [5, 5.41) is 0. The molecule has 1 saturated heterocycles. The van der Waals surface area contributed by atoms with E-state index < -0.39 is 42.4 Å². The van der Waals surface area contributed by atoms with Gasteiger partial charge < -0.3 is 29.7 Å². The molecule has 1 aliphatic heterocycles. The number of aryl methyl sites for hydroxylation is 3. The minimum absolute atomic E-state index is 0.0290. The van der Waals surface area contributed by atoms with Gasteiger partial charge in [0, 0.05) is 0 Å². The van der Waals surface area contributed by atoms with E-state index in [1.165, 1.54) is 10.9 Å². The van der Waals surface area contributed by atoms with Crippen molar-refractivity contribution in [3.8, 4) is 0 Å². The molecule has 1 fully saturated rings. The van der Waals surface area contributed by atoms with Crippen molar-refractivity contribution >= 4 is 47.2 Å². The number of nitrogen functional groups attached to an aromatic ring is 1. The number of anilines is 1. The highest BCUT2D eigenvalue weighted by Crippen LogP contribution is 2.37. The molecule has 13 heteroatoms. The molecule has 0 saturated carbocycles. The number of carbonyl (C=O) groups excluding carboxylic acids is 3. The zero-order chi connectivity index (χ0) is 33.2. The summed E-state index contributed by atoms with van der Waals surface area (Å²) in [7, 11) is 0. The van der Waals surface area contributed by atoms with Crippen LogP contribution < -0.4 is 5.73 Å². The van der Waals surface area contributed by atoms with Crippen LogP contribution >= 0.6 is 12.2 Å². The number of carbonyl (C=O) groups is 3. The van der Waals surface area contributed by atoms with E-state index in [4.69, 9.17) is 36.9 Å². The standard InChI is InChI=1S/C34H31N5O7S/c1-18-4-10-21(11-5-18)31(40)43-16-24-26(45-32(41)22-12-6-19(2)7-13-22)27(46-33(42)23-14-8-20(3)9-15-23)30(44-24)39-17-36-25-28(39)37-34(35)38-29(25)47/h4-15,17,24,26-27,30H,16H2,1-3H3,(H3,35,37,38,47)/t24-,26+,27+,30-/m1/s1. The van der Waals surface area contributed by atoms with Crippen molar-refractivity contribution in [2.45, 2.75) is 45.3 Å². The van der Waals surface area contributed by atoms with Crippen molar-refractivity contribution in [3.63, 3.8) is 0 Å². The number of nitrogens with zero attached hydrogens (tertiary/aromatic N) is 3. The summed E-state index contributed by atoms with van der Waals surface area (Å²) >= 11 is 5.35. The largest absolute Gasteiger partial charge is 0.459 e. The Hall–Kier alpha value is -5.40. The average molecular weight is 654 g/mol. The summed E-state index contributed by atoms with van der Waals surface area (Å²) in [6.45, 7) is 5.36. The Kier molecular flexibility index (Phi) is 8.83. The fourth-order valence-electron chi connectivity index (χ4n) is 5.17. The van der Waals surface area contributed by atoms with Gasteiger partial charge in [0.15, 0.2) is 29.0 Å². The van der Waals surface area contributed by atoms with E-state index in [2.05, 4.69) is 15.0 Å². The van der Waals surface area contributed by atoms with Gasteiger partial charge in [-0.05, 0) is 57.2 Å². The summed E-state index contributed by atoms with van der Waals surface area (Å²) in [6, 6.07) is 20.5. The van der Waals surface area contributed by atoms with Crippen LogP contribution in [0.1, 0.15) is 54.0 Å². The van der Waals surface area contributed by atoms with Gasteiger partial charge in [-0.15, -0.1) is 0 Å². The van der Waals surface area contributed by atoms with Crippen molar-refractivity contribution in [2.24, 2.45) is 0 Å². The smallest absolute Gasteiger partial charge is 0.338 e. The van der Waals surface area contributed by atoms with Gasteiger partial charge in [-0.1, -0.05) is 65.3 Å². The molecule has 6 rings (SSSR count). The molecule has 0 aliphatic carbocycles. The molecule has 5 aromatic rings. The highest BCUT2D eigenvalue weighted by molar-refractivity contribution is 7.71. The van der Waals surface area contributed by atoms with E-state index in [1.54, 1.807) is 72.8 Å². The molecule has 0 radical (unpaired) electrons. The lowest BCUT2D eigenvalue weighted by Gasteiger charge is -2.25. The zero-order valence-corrected chi connectivity index (χ0v) is 26.5. The van der Waals surface area contributed by atoms with Crippen LogP contribution in [-0.2, 0) is 18.9 Å². The number of aromatic nitrogens is 4. The van der Waals surface area contributed by atoms with Crippen LogP contribution in [0.4, 0.5) is 5.95 Å². The van der Waals surface area contributed by atoms with Crippen LogP contribution in [0.2, 0.25) is 0 Å². The van der Waals surface area contributed by atoms with E-state index in [0.29, 0.717) is 16.7 Å². The van der Waals surface area contributed by atoms with Crippen LogP contribution in [0.3, 0.4) is 0 Å². The van der Waals surface area contributed by atoms with Gasteiger partial charge in [0.05, 0.1) is 23.0 Å². The minimum atomic E-state index is -1.24. The molecule has 2 aromatic heterocycles. The lowest BCUT2D eigenvalue weighted by molar-refractivity contribution is -0.0606. The van der Waals surface area contributed by atoms with E-state index in [0.717, 1.165) is 16.7 Å². The third-order valence-corrected chi connectivity index (χ3v) is 8.04. The topological polar surface area (TPSA) is 161 Å². The number of esters is 3. The Labute approximate surface area is 274 Å². The maximum absolute atomic E-state index is 13.5.